The van der Waals surface area contributed by atoms with Crippen LogP contribution in [0.1, 0.15) is 28.4 Å². The van der Waals surface area contributed by atoms with E-state index in [1.165, 1.54) is 18.6 Å². The van der Waals surface area contributed by atoms with E-state index in [4.69, 9.17) is 5.10 Å². The van der Waals surface area contributed by atoms with Crippen LogP contribution in [0, 0.1) is 6.92 Å². The maximum absolute atomic E-state index is 12.5. The van der Waals surface area contributed by atoms with Crippen LogP contribution in [0.5, 0.6) is 0 Å². The van der Waals surface area contributed by atoms with Gasteiger partial charge < -0.3 is 5.32 Å². The molecule has 158 valence electrons. The van der Waals surface area contributed by atoms with Gasteiger partial charge in [0.2, 0.25) is 5.91 Å². The third-order valence-corrected chi connectivity index (χ3v) is 5.04. The quantitative estimate of drug-likeness (QED) is 0.321. The lowest BCUT2D eigenvalue weighted by Crippen LogP contribution is -2.08. The second-order valence-electron chi connectivity index (χ2n) is 7.54. The van der Waals surface area contributed by atoms with Crippen LogP contribution in [-0.2, 0) is 4.79 Å². The van der Waals surface area contributed by atoms with Gasteiger partial charge in [0.15, 0.2) is 5.78 Å². The average Bonchev–Trinajstić information content (AvgIpc) is 3.23. The van der Waals surface area contributed by atoms with Crippen molar-refractivity contribution in [3.05, 3.63) is 108 Å². The fourth-order valence-electron chi connectivity index (χ4n) is 3.32. The van der Waals surface area contributed by atoms with Gasteiger partial charge in [0.1, 0.15) is 0 Å². The lowest BCUT2D eigenvalue weighted by molar-refractivity contribution is -0.111. The maximum Gasteiger partial charge on any atom is 0.248 e. The normalized spacial score (nSPS) is 10.9. The minimum atomic E-state index is -0.284. The standard InChI is InChI=1S/C27H23N3O2/c1-19-11-13-21(14-12-19)27-23(18-30(29-27)25-9-4-3-5-10-25)15-16-26(32)28-24-8-6-7-22(17-24)20(2)31/h3-18H,1-2H3,(H,28,32)/b16-15+. The zero-order valence-corrected chi connectivity index (χ0v) is 17.9. The van der Waals surface area contributed by atoms with Crippen LogP contribution in [0.25, 0.3) is 23.0 Å². The molecule has 0 aliphatic carbocycles. The van der Waals surface area contributed by atoms with Crippen molar-refractivity contribution >= 4 is 23.5 Å². The van der Waals surface area contributed by atoms with Crippen molar-refractivity contribution in [3.8, 4) is 16.9 Å². The van der Waals surface area contributed by atoms with E-state index < -0.39 is 0 Å². The van der Waals surface area contributed by atoms with Crippen LogP contribution >= 0.6 is 0 Å². The van der Waals surface area contributed by atoms with Gasteiger partial charge in [-0.15, -0.1) is 0 Å². The number of carbonyl (C=O) groups is 2. The number of benzene rings is 3. The van der Waals surface area contributed by atoms with Gasteiger partial charge in [-0.2, -0.15) is 5.10 Å². The molecule has 0 aliphatic heterocycles. The lowest BCUT2D eigenvalue weighted by Gasteiger charge is -2.04. The van der Waals surface area contributed by atoms with Crippen molar-refractivity contribution in [2.24, 2.45) is 0 Å². The second-order valence-corrected chi connectivity index (χ2v) is 7.54. The third kappa shape index (κ3) is 4.90. The summed E-state index contributed by atoms with van der Waals surface area (Å²) in [6.07, 6.45) is 5.14. The van der Waals surface area contributed by atoms with Gasteiger partial charge in [0.25, 0.3) is 0 Å². The summed E-state index contributed by atoms with van der Waals surface area (Å²) >= 11 is 0. The number of rotatable bonds is 6. The van der Waals surface area contributed by atoms with E-state index in [1.807, 2.05) is 72.4 Å². The molecule has 0 saturated heterocycles. The number of hydrogen-bond acceptors (Lipinski definition) is 3. The SMILES string of the molecule is CC(=O)c1cccc(NC(=O)/C=C/c2cn(-c3ccccc3)nc2-c2ccc(C)cc2)c1. The van der Waals surface area contributed by atoms with Crippen LogP contribution in [0.2, 0.25) is 0 Å². The minimum Gasteiger partial charge on any atom is -0.322 e. The molecule has 1 aromatic heterocycles. The molecule has 32 heavy (non-hydrogen) atoms. The van der Waals surface area contributed by atoms with E-state index >= 15 is 0 Å². The molecule has 1 N–H and O–H groups in total. The zero-order chi connectivity index (χ0) is 22.5. The largest absolute Gasteiger partial charge is 0.322 e. The molecule has 0 saturated carbocycles. The summed E-state index contributed by atoms with van der Waals surface area (Å²) in [6.45, 7) is 3.54. The molecular formula is C27H23N3O2. The van der Waals surface area contributed by atoms with Crippen molar-refractivity contribution in [1.29, 1.82) is 0 Å². The number of ketones is 1. The second kappa shape index (κ2) is 9.27. The first-order valence-corrected chi connectivity index (χ1v) is 10.3. The number of aryl methyl sites for hydroxylation is 1. The highest BCUT2D eigenvalue weighted by Gasteiger charge is 2.11. The van der Waals surface area contributed by atoms with E-state index in [1.54, 1.807) is 30.3 Å². The number of carbonyl (C=O) groups excluding carboxylic acids is 2. The number of amides is 1. The topological polar surface area (TPSA) is 64.0 Å². The predicted octanol–water partition coefficient (Wildman–Crippen LogP) is 5.70. The van der Waals surface area contributed by atoms with Crippen molar-refractivity contribution < 1.29 is 9.59 Å². The van der Waals surface area contributed by atoms with Gasteiger partial charge in [0.05, 0.1) is 11.4 Å². The van der Waals surface area contributed by atoms with Gasteiger partial charge in [-0.3, -0.25) is 9.59 Å². The number of hydrogen-bond donors (Lipinski definition) is 1. The van der Waals surface area contributed by atoms with E-state index in [9.17, 15) is 9.59 Å². The highest BCUT2D eigenvalue weighted by Crippen LogP contribution is 2.25. The van der Waals surface area contributed by atoms with E-state index in [-0.39, 0.29) is 11.7 Å². The number of nitrogens with zero attached hydrogens (tertiary/aromatic N) is 2. The highest BCUT2D eigenvalue weighted by atomic mass is 16.1. The van der Waals surface area contributed by atoms with Crippen LogP contribution in [-0.4, -0.2) is 21.5 Å². The molecule has 1 amide bonds. The Hall–Kier alpha value is -4.25. The van der Waals surface area contributed by atoms with Crippen LogP contribution in [0.15, 0.2) is 91.1 Å². The zero-order valence-electron chi connectivity index (χ0n) is 17.9. The van der Waals surface area contributed by atoms with Gasteiger partial charge in [-0.25, -0.2) is 4.68 Å². The molecule has 0 bridgehead atoms. The molecular weight excluding hydrogens is 398 g/mol. The number of para-hydroxylation sites is 1. The third-order valence-electron chi connectivity index (χ3n) is 5.04. The Balaban J connectivity index is 1.63. The van der Waals surface area contributed by atoms with E-state index in [0.29, 0.717) is 11.3 Å². The Morgan fingerprint density at radius 2 is 1.69 bits per heavy atom. The monoisotopic (exact) mass is 421 g/mol. The van der Waals surface area contributed by atoms with Crippen molar-refractivity contribution in [2.45, 2.75) is 13.8 Å². The summed E-state index contributed by atoms with van der Waals surface area (Å²) < 4.78 is 1.81. The summed E-state index contributed by atoms with van der Waals surface area (Å²) in [5.41, 5.74) is 5.82. The molecule has 0 fully saturated rings. The van der Waals surface area contributed by atoms with Gasteiger partial charge in [0, 0.05) is 34.7 Å². The van der Waals surface area contributed by atoms with Crippen LogP contribution in [0.3, 0.4) is 0 Å². The Kier molecular flexibility index (Phi) is 6.08. The number of Topliss-reactive ketones (excluding diaryl/α,β-unsaturated/α-hetero) is 1. The molecule has 0 aliphatic rings. The van der Waals surface area contributed by atoms with Crippen LogP contribution < -0.4 is 5.32 Å². The first-order valence-electron chi connectivity index (χ1n) is 10.3. The molecule has 0 unspecified atom stereocenters. The maximum atomic E-state index is 12.5. The summed E-state index contributed by atoms with van der Waals surface area (Å²) in [4.78, 5) is 24.1. The van der Waals surface area contributed by atoms with E-state index in [2.05, 4.69) is 5.32 Å². The fraction of sp³-hybridized carbons (Fsp3) is 0.0741. The Labute approximate surface area is 187 Å². The number of anilines is 1. The van der Waals surface area contributed by atoms with Gasteiger partial charge >= 0.3 is 0 Å². The van der Waals surface area contributed by atoms with Crippen LogP contribution in [0.4, 0.5) is 5.69 Å². The molecule has 4 aromatic rings. The molecule has 5 nitrogen and oxygen atoms in total. The Morgan fingerprint density at radius 1 is 0.938 bits per heavy atom. The van der Waals surface area contributed by atoms with E-state index in [0.717, 1.165) is 22.5 Å². The first kappa shape index (κ1) is 21.0. The first-order chi connectivity index (χ1) is 15.5. The smallest absolute Gasteiger partial charge is 0.248 e. The van der Waals surface area contributed by atoms with Gasteiger partial charge in [-0.1, -0.05) is 60.2 Å². The molecule has 0 spiro atoms. The summed E-state index contributed by atoms with van der Waals surface area (Å²) in [7, 11) is 0. The fourth-order valence-corrected chi connectivity index (χ4v) is 3.32. The van der Waals surface area contributed by atoms with Crippen molar-refractivity contribution in [1.82, 2.24) is 9.78 Å². The molecule has 5 heteroatoms. The highest BCUT2D eigenvalue weighted by molar-refractivity contribution is 6.03. The average molecular weight is 422 g/mol. The lowest BCUT2D eigenvalue weighted by atomic mass is 10.1. The number of aromatic nitrogens is 2. The predicted molar refractivity (Wildman–Crippen MR) is 128 cm³/mol. The van der Waals surface area contributed by atoms with Gasteiger partial charge in [-0.05, 0) is 44.2 Å². The molecule has 3 aromatic carbocycles. The Bertz CT molecular complexity index is 1290. The molecule has 0 radical (unpaired) electrons. The van der Waals surface area contributed by atoms with Crippen molar-refractivity contribution in [2.75, 3.05) is 5.32 Å². The summed E-state index contributed by atoms with van der Waals surface area (Å²) in [5.74, 6) is -0.333. The minimum absolute atomic E-state index is 0.0484. The Morgan fingerprint density at radius 3 is 2.41 bits per heavy atom. The molecule has 1 heterocycles. The van der Waals surface area contributed by atoms with Crippen molar-refractivity contribution in [3.63, 3.8) is 0 Å². The molecule has 4 rings (SSSR count). The summed E-state index contributed by atoms with van der Waals surface area (Å²) in [5, 5.41) is 7.58. The summed E-state index contributed by atoms with van der Waals surface area (Å²) in [6, 6.07) is 24.9. The number of nitrogens with one attached hydrogen (secondary N) is 1. The molecule has 0 atom stereocenters.